The summed E-state index contributed by atoms with van der Waals surface area (Å²) in [7, 11) is 1.63. The van der Waals surface area contributed by atoms with Gasteiger partial charge in [0.1, 0.15) is 5.75 Å². The molecule has 25 heavy (non-hydrogen) atoms. The average Bonchev–Trinajstić information content (AvgIpc) is 3.31. The number of H-pyrrole nitrogens is 1. The van der Waals surface area contributed by atoms with Crippen molar-refractivity contribution in [2.24, 2.45) is 5.92 Å². The number of aromatic nitrogens is 2. The van der Waals surface area contributed by atoms with Gasteiger partial charge < -0.3 is 14.4 Å². The minimum atomic E-state index is 0.0181. The Hall–Kier alpha value is -2.34. The zero-order valence-electron chi connectivity index (χ0n) is 14.8. The molecule has 1 aliphatic rings. The second kappa shape index (κ2) is 8.16. The fourth-order valence-corrected chi connectivity index (χ4v) is 3.16. The zero-order chi connectivity index (χ0) is 17.6. The van der Waals surface area contributed by atoms with Gasteiger partial charge in [0.25, 0.3) is 5.91 Å². The number of nitrogens with zero attached hydrogens (tertiary/aromatic N) is 2. The second-order valence-corrected chi connectivity index (χ2v) is 6.37. The lowest BCUT2D eigenvalue weighted by Crippen LogP contribution is -2.29. The number of likely N-dealkylation sites (tertiary alicyclic amines) is 1. The lowest BCUT2D eigenvalue weighted by Gasteiger charge is -2.17. The summed E-state index contributed by atoms with van der Waals surface area (Å²) >= 11 is 0. The molecular formula is C19H25N3O3. The van der Waals surface area contributed by atoms with E-state index in [0.29, 0.717) is 11.5 Å². The van der Waals surface area contributed by atoms with Gasteiger partial charge in [0.05, 0.1) is 31.2 Å². The molecule has 1 saturated heterocycles. The number of methoxy groups -OCH3 is 1. The molecule has 1 amide bonds. The Morgan fingerprint density at radius 1 is 1.44 bits per heavy atom. The third-order valence-corrected chi connectivity index (χ3v) is 4.50. The predicted octanol–water partition coefficient (Wildman–Crippen LogP) is 2.97. The van der Waals surface area contributed by atoms with E-state index in [9.17, 15) is 4.79 Å². The van der Waals surface area contributed by atoms with Gasteiger partial charge in [-0.25, -0.2) is 0 Å². The van der Waals surface area contributed by atoms with Crippen LogP contribution < -0.4 is 4.74 Å². The van der Waals surface area contributed by atoms with Crippen LogP contribution in [0.2, 0.25) is 0 Å². The molecule has 0 bridgehead atoms. The minimum Gasteiger partial charge on any atom is -0.497 e. The molecule has 0 saturated carbocycles. The molecule has 0 radical (unpaired) electrons. The van der Waals surface area contributed by atoms with E-state index < -0.39 is 0 Å². The van der Waals surface area contributed by atoms with Gasteiger partial charge in [0.15, 0.2) is 0 Å². The Balaban J connectivity index is 1.71. The summed E-state index contributed by atoms with van der Waals surface area (Å²) in [4.78, 5) is 14.8. The number of benzene rings is 1. The molecule has 6 nitrogen and oxygen atoms in total. The molecule has 1 atom stereocenters. The van der Waals surface area contributed by atoms with Crippen LogP contribution >= 0.6 is 0 Å². The van der Waals surface area contributed by atoms with Crippen molar-refractivity contribution < 1.29 is 14.3 Å². The maximum atomic E-state index is 12.9. The van der Waals surface area contributed by atoms with Crippen molar-refractivity contribution >= 4 is 5.91 Å². The average molecular weight is 343 g/mol. The molecule has 2 heterocycles. The van der Waals surface area contributed by atoms with Crippen molar-refractivity contribution in [1.82, 2.24) is 15.1 Å². The number of aromatic amines is 1. The van der Waals surface area contributed by atoms with Crippen LogP contribution in [0.5, 0.6) is 5.75 Å². The van der Waals surface area contributed by atoms with E-state index in [2.05, 4.69) is 17.1 Å². The maximum Gasteiger partial charge on any atom is 0.257 e. The molecule has 1 aromatic heterocycles. The van der Waals surface area contributed by atoms with Crippen molar-refractivity contribution in [3.8, 4) is 17.0 Å². The number of hydrogen-bond donors (Lipinski definition) is 1. The fourth-order valence-electron chi connectivity index (χ4n) is 3.16. The van der Waals surface area contributed by atoms with Gasteiger partial charge in [0.2, 0.25) is 0 Å². The molecule has 1 aromatic carbocycles. The Morgan fingerprint density at radius 3 is 3.12 bits per heavy atom. The smallest absolute Gasteiger partial charge is 0.257 e. The van der Waals surface area contributed by atoms with Crippen LogP contribution in [0.15, 0.2) is 30.5 Å². The molecule has 3 rings (SSSR count). The van der Waals surface area contributed by atoms with Crippen molar-refractivity contribution in [3.63, 3.8) is 0 Å². The first-order valence-corrected chi connectivity index (χ1v) is 8.77. The van der Waals surface area contributed by atoms with Crippen LogP contribution in [-0.4, -0.2) is 54.4 Å². The van der Waals surface area contributed by atoms with E-state index in [-0.39, 0.29) is 5.91 Å². The SMILES string of the molecule is CCCOC[C@@H]1CCN(C(=O)c2cn[nH]c2-c2cccc(OC)c2)C1. The zero-order valence-corrected chi connectivity index (χ0v) is 14.8. The van der Waals surface area contributed by atoms with Gasteiger partial charge in [-0.2, -0.15) is 5.10 Å². The lowest BCUT2D eigenvalue weighted by atomic mass is 10.1. The van der Waals surface area contributed by atoms with E-state index in [0.717, 1.165) is 56.2 Å². The molecule has 1 fully saturated rings. The van der Waals surface area contributed by atoms with Crippen LogP contribution in [0.3, 0.4) is 0 Å². The number of amides is 1. The van der Waals surface area contributed by atoms with E-state index in [4.69, 9.17) is 9.47 Å². The molecule has 0 spiro atoms. The number of nitrogens with one attached hydrogen (secondary N) is 1. The largest absolute Gasteiger partial charge is 0.497 e. The van der Waals surface area contributed by atoms with E-state index in [1.54, 1.807) is 13.3 Å². The summed E-state index contributed by atoms with van der Waals surface area (Å²) in [5.74, 6) is 1.19. The van der Waals surface area contributed by atoms with Crippen LogP contribution in [-0.2, 0) is 4.74 Å². The predicted molar refractivity (Wildman–Crippen MR) is 95.7 cm³/mol. The summed E-state index contributed by atoms with van der Waals surface area (Å²) < 4.78 is 10.9. The van der Waals surface area contributed by atoms with E-state index >= 15 is 0 Å². The Labute approximate surface area is 148 Å². The Bertz CT molecular complexity index is 713. The fraction of sp³-hybridized carbons (Fsp3) is 0.474. The van der Waals surface area contributed by atoms with Crippen LogP contribution in [0.1, 0.15) is 30.1 Å². The molecule has 0 unspecified atom stereocenters. The van der Waals surface area contributed by atoms with Crippen molar-refractivity contribution in [2.75, 3.05) is 33.4 Å². The summed E-state index contributed by atoms with van der Waals surface area (Å²) in [6, 6.07) is 7.62. The first kappa shape index (κ1) is 17.5. The van der Waals surface area contributed by atoms with E-state index in [1.807, 2.05) is 29.2 Å². The molecule has 1 aliphatic heterocycles. The third kappa shape index (κ3) is 4.02. The molecule has 1 N–H and O–H groups in total. The molecule has 2 aromatic rings. The second-order valence-electron chi connectivity index (χ2n) is 6.37. The van der Waals surface area contributed by atoms with Crippen LogP contribution in [0.4, 0.5) is 0 Å². The third-order valence-electron chi connectivity index (χ3n) is 4.50. The van der Waals surface area contributed by atoms with Crippen molar-refractivity contribution in [3.05, 3.63) is 36.0 Å². The lowest BCUT2D eigenvalue weighted by molar-refractivity contribution is 0.0755. The normalized spacial score (nSPS) is 17.0. The number of rotatable bonds is 7. The van der Waals surface area contributed by atoms with Gasteiger partial charge >= 0.3 is 0 Å². The van der Waals surface area contributed by atoms with Gasteiger partial charge in [-0.1, -0.05) is 19.1 Å². The number of carbonyl (C=O) groups is 1. The molecular weight excluding hydrogens is 318 g/mol. The maximum absolute atomic E-state index is 12.9. The number of carbonyl (C=O) groups excluding carboxylic acids is 1. The van der Waals surface area contributed by atoms with Gasteiger partial charge in [0, 0.05) is 31.2 Å². The summed E-state index contributed by atoms with van der Waals surface area (Å²) in [6.45, 7) is 5.12. The standard InChI is InChI=1S/C19H25N3O3/c1-3-9-25-13-14-7-8-22(12-14)19(23)17-11-20-21-18(17)15-5-4-6-16(10-15)24-2/h4-6,10-11,14H,3,7-9,12-13H2,1-2H3,(H,20,21)/t14-/m1/s1. The summed E-state index contributed by atoms with van der Waals surface area (Å²) in [5.41, 5.74) is 2.22. The summed E-state index contributed by atoms with van der Waals surface area (Å²) in [5, 5.41) is 7.04. The van der Waals surface area contributed by atoms with E-state index in [1.165, 1.54) is 0 Å². The quantitative estimate of drug-likeness (QED) is 0.785. The first-order chi connectivity index (χ1) is 12.2. The highest BCUT2D eigenvalue weighted by atomic mass is 16.5. The highest BCUT2D eigenvalue weighted by molar-refractivity contribution is 6.00. The first-order valence-electron chi connectivity index (χ1n) is 8.77. The topological polar surface area (TPSA) is 67.5 Å². The highest BCUT2D eigenvalue weighted by Gasteiger charge is 2.29. The van der Waals surface area contributed by atoms with Crippen LogP contribution in [0, 0.1) is 5.92 Å². The van der Waals surface area contributed by atoms with Gasteiger partial charge in [-0.3, -0.25) is 9.89 Å². The summed E-state index contributed by atoms with van der Waals surface area (Å²) in [6.07, 6.45) is 3.62. The van der Waals surface area contributed by atoms with Crippen molar-refractivity contribution in [1.29, 1.82) is 0 Å². The highest BCUT2D eigenvalue weighted by Crippen LogP contribution is 2.27. The molecule has 134 valence electrons. The van der Waals surface area contributed by atoms with Crippen LogP contribution in [0.25, 0.3) is 11.3 Å². The number of ether oxygens (including phenoxy) is 2. The monoisotopic (exact) mass is 343 g/mol. The molecule has 0 aliphatic carbocycles. The Kier molecular flexibility index (Phi) is 5.71. The Morgan fingerprint density at radius 2 is 2.32 bits per heavy atom. The van der Waals surface area contributed by atoms with Crippen molar-refractivity contribution in [2.45, 2.75) is 19.8 Å². The molecule has 6 heteroatoms. The van der Waals surface area contributed by atoms with Gasteiger partial charge in [-0.15, -0.1) is 0 Å². The number of hydrogen-bond acceptors (Lipinski definition) is 4. The minimum absolute atomic E-state index is 0.0181. The van der Waals surface area contributed by atoms with Gasteiger partial charge in [-0.05, 0) is 25.0 Å².